The number of rotatable bonds is 1. The molecule has 86 valence electrons. The zero-order valence-electron chi connectivity index (χ0n) is 9.90. The average Bonchev–Trinajstić information content (AvgIpc) is 2.29. The van der Waals surface area contributed by atoms with Crippen LogP contribution < -0.4 is 0 Å². The van der Waals surface area contributed by atoms with Gasteiger partial charge in [-0.3, -0.25) is 5.41 Å². The lowest BCUT2D eigenvalue weighted by Gasteiger charge is -2.33. The molecule has 0 spiro atoms. The van der Waals surface area contributed by atoms with Crippen LogP contribution in [0.5, 0.6) is 0 Å². The minimum absolute atomic E-state index is 0.553. The molecule has 0 bridgehead atoms. The van der Waals surface area contributed by atoms with E-state index in [0.717, 1.165) is 37.6 Å². The lowest BCUT2D eigenvalue weighted by atomic mass is 10.2. The Hall–Kier alpha value is -1.42. The van der Waals surface area contributed by atoms with Gasteiger partial charge >= 0.3 is 0 Å². The van der Waals surface area contributed by atoms with Gasteiger partial charge in [-0.25, -0.2) is 4.98 Å². The summed E-state index contributed by atoms with van der Waals surface area (Å²) in [4.78, 5) is 8.77. The minimum Gasteiger partial charge on any atom is -0.353 e. The molecule has 1 saturated heterocycles. The second kappa shape index (κ2) is 4.61. The van der Waals surface area contributed by atoms with Gasteiger partial charge in [-0.15, -0.1) is 0 Å². The Bertz CT molecular complexity index is 380. The maximum atomic E-state index is 8.13. The molecule has 1 N–H and O–H groups in total. The van der Waals surface area contributed by atoms with E-state index < -0.39 is 0 Å². The second-order valence-electron chi connectivity index (χ2n) is 4.30. The monoisotopic (exact) mass is 218 g/mol. The van der Waals surface area contributed by atoms with Gasteiger partial charge < -0.3 is 9.80 Å². The molecule has 1 aromatic heterocycles. The molecule has 1 fully saturated rings. The number of likely N-dealkylation sites (N-methyl/N-ethyl adjacent to an activating group) is 1. The van der Waals surface area contributed by atoms with E-state index in [0.29, 0.717) is 5.84 Å². The first-order valence-corrected chi connectivity index (χ1v) is 5.63. The number of pyridine rings is 1. The smallest absolute Gasteiger partial charge is 0.147 e. The van der Waals surface area contributed by atoms with Gasteiger partial charge in [-0.05, 0) is 26.1 Å². The summed E-state index contributed by atoms with van der Waals surface area (Å²) in [6.07, 6.45) is 0. The quantitative estimate of drug-likeness (QED) is 0.564. The normalized spacial score (nSPS) is 17.5. The number of nitrogens with zero attached hydrogens (tertiary/aromatic N) is 3. The summed E-state index contributed by atoms with van der Waals surface area (Å²) in [5.41, 5.74) is 1.75. The molecule has 1 aliphatic rings. The molecular weight excluding hydrogens is 200 g/mol. The SMILES string of the molecule is Cc1cccc(C(=N)N2CCN(C)CC2)n1. The van der Waals surface area contributed by atoms with Gasteiger partial charge in [0, 0.05) is 31.9 Å². The lowest BCUT2D eigenvalue weighted by Crippen LogP contribution is -2.47. The van der Waals surface area contributed by atoms with Crippen LogP contribution in [0.3, 0.4) is 0 Å². The Balaban J connectivity index is 2.08. The van der Waals surface area contributed by atoms with Crippen molar-refractivity contribution >= 4 is 5.84 Å². The number of hydrogen-bond donors (Lipinski definition) is 1. The van der Waals surface area contributed by atoms with Gasteiger partial charge in [0.15, 0.2) is 0 Å². The Morgan fingerprint density at radius 1 is 1.25 bits per heavy atom. The standard InChI is InChI=1S/C12H18N4/c1-10-4-3-5-11(14-10)12(13)16-8-6-15(2)7-9-16/h3-5,13H,6-9H2,1-2H3. The first-order valence-electron chi connectivity index (χ1n) is 5.63. The summed E-state index contributed by atoms with van der Waals surface area (Å²) in [7, 11) is 2.12. The van der Waals surface area contributed by atoms with Crippen molar-refractivity contribution in [1.82, 2.24) is 14.8 Å². The topological polar surface area (TPSA) is 43.2 Å². The fourth-order valence-corrected chi connectivity index (χ4v) is 1.87. The highest BCUT2D eigenvalue weighted by molar-refractivity contribution is 5.94. The maximum Gasteiger partial charge on any atom is 0.147 e. The highest BCUT2D eigenvalue weighted by Crippen LogP contribution is 2.06. The molecule has 2 heterocycles. The van der Waals surface area contributed by atoms with Crippen molar-refractivity contribution in [3.63, 3.8) is 0 Å². The van der Waals surface area contributed by atoms with Crippen LogP contribution in [0.4, 0.5) is 0 Å². The predicted octanol–water partition coefficient (Wildman–Crippen LogP) is 0.963. The summed E-state index contributed by atoms with van der Waals surface area (Å²) < 4.78 is 0. The summed E-state index contributed by atoms with van der Waals surface area (Å²) in [5.74, 6) is 0.553. The van der Waals surface area contributed by atoms with Gasteiger partial charge in [0.05, 0.1) is 0 Å². The van der Waals surface area contributed by atoms with Crippen LogP contribution in [0, 0.1) is 12.3 Å². The van der Waals surface area contributed by atoms with E-state index in [1.165, 1.54) is 0 Å². The van der Waals surface area contributed by atoms with Crippen molar-refractivity contribution in [2.45, 2.75) is 6.92 Å². The third-order valence-electron chi connectivity index (χ3n) is 2.95. The molecule has 1 aromatic rings. The number of nitrogens with one attached hydrogen (secondary N) is 1. The highest BCUT2D eigenvalue weighted by Gasteiger charge is 2.18. The van der Waals surface area contributed by atoms with E-state index in [9.17, 15) is 0 Å². The Morgan fingerprint density at radius 3 is 2.56 bits per heavy atom. The van der Waals surface area contributed by atoms with Gasteiger partial charge in [0.25, 0.3) is 0 Å². The summed E-state index contributed by atoms with van der Waals surface area (Å²) >= 11 is 0. The van der Waals surface area contributed by atoms with E-state index in [4.69, 9.17) is 5.41 Å². The Morgan fingerprint density at radius 2 is 1.94 bits per heavy atom. The zero-order chi connectivity index (χ0) is 11.5. The molecule has 4 heteroatoms. The van der Waals surface area contributed by atoms with Gasteiger partial charge in [-0.2, -0.15) is 0 Å². The highest BCUT2D eigenvalue weighted by atomic mass is 15.3. The van der Waals surface area contributed by atoms with Crippen molar-refractivity contribution in [3.8, 4) is 0 Å². The molecule has 0 atom stereocenters. The largest absolute Gasteiger partial charge is 0.353 e. The molecule has 4 nitrogen and oxygen atoms in total. The average molecular weight is 218 g/mol. The third kappa shape index (κ3) is 2.39. The summed E-state index contributed by atoms with van der Waals surface area (Å²) in [5, 5.41) is 8.13. The first-order chi connectivity index (χ1) is 7.66. The molecule has 16 heavy (non-hydrogen) atoms. The molecule has 0 unspecified atom stereocenters. The second-order valence-corrected chi connectivity index (χ2v) is 4.30. The van der Waals surface area contributed by atoms with E-state index in [-0.39, 0.29) is 0 Å². The van der Waals surface area contributed by atoms with E-state index >= 15 is 0 Å². The molecule has 0 saturated carbocycles. The Kier molecular flexibility index (Phi) is 3.19. The van der Waals surface area contributed by atoms with Gasteiger partial charge in [0.1, 0.15) is 11.5 Å². The van der Waals surface area contributed by atoms with Crippen LogP contribution in [0.2, 0.25) is 0 Å². The van der Waals surface area contributed by atoms with Gasteiger partial charge in [0.2, 0.25) is 0 Å². The number of hydrogen-bond acceptors (Lipinski definition) is 3. The van der Waals surface area contributed by atoms with Crippen LogP contribution >= 0.6 is 0 Å². The molecule has 2 rings (SSSR count). The third-order valence-corrected chi connectivity index (χ3v) is 2.95. The fourth-order valence-electron chi connectivity index (χ4n) is 1.87. The summed E-state index contributed by atoms with van der Waals surface area (Å²) in [6.45, 7) is 5.85. The zero-order valence-corrected chi connectivity index (χ0v) is 9.90. The van der Waals surface area contributed by atoms with E-state index in [1.807, 2.05) is 25.1 Å². The van der Waals surface area contributed by atoms with E-state index in [2.05, 4.69) is 21.8 Å². The lowest BCUT2D eigenvalue weighted by molar-refractivity contribution is 0.215. The first kappa shape index (κ1) is 11.1. The van der Waals surface area contributed by atoms with Crippen LogP contribution in [-0.2, 0) is 0 Å². The van der Waals surface area contributed by atoms with Crippen LogP contribution in [0.15, 0.2) is 18.2 Å². The van der Waals surface area contributed by atoms with Crippen LogP contribution in [0.25, 0.3) is 0 Å². The number of aryl methyl sites for hydroxylation is 1. The minimum atomic E-state index is 0.553. The predicted molar refractivity (Wildman–Crippen MR) is 64.9 cm³/mol. The number of aromatic nitrogens is 1. The molecule has 0 aliphatic carbocycles. The van der Waals surface area contributed by atoms with Crippen LogP contribution in [-0.4, -0.2) is 53.8 Å². The van der Waals surface area contributed by atoms with Crippen molar-refractivity contribution in [1.29, 1.82) is 5.41 Å². The molecular formula is C12H18N4. The van der Waals surface area contributed by atoms with Crippen molar-refractivity contribution < 1.29 is 0 Å². The molecule has 0 amide bonds. The van der Waals surface area contributed by atoms with E-state index in [1.54, 1.807) is 0 Å². The molecule has 0 aromatic carbocycles. The van der Waals surface area contributed by atoms with Gasteiger partial charge in [-0.1, -0.05) is 6.07 Å². The maximum absolute atomic E-state index is 8.13. The van der Waals surface area contributed by atoms with Crippen molar-refractivity contribution in [2.75, 3.05) is 33.2 Å². The number of amidine groups is 1. The number of piperazine rings is 1. The molecule has 1 aliphatic heterocycles. The summed E-state index contributed by atoms with van der Waals surface area (Å²) in [6, 6.07) is 5.83. The van der Waals surface area contributed by atoms with Crippen molar-refractivity contribution in [3.05, 3.63) is 29.6 Å². The van der Waals surface area contributed by atoms with Crippen molar-refractivity contribution in [2.24, 2.45) is 0 Å². The Labute approximate surface area is 96.4 Å². The molecule has 0 radical (unpaired) electrons. The van der Waals surface area contributed by atoms with Crippen LogP contribution in [0.1, 0.15) is 11.4 Å². The fraction of sp³-hybridized carbons (Fsp3) is 0.500.